The van der Waals surface area contributed by atoms with Crippen LogP contribution in [0.3, 0.4) is 0 Å². The molecule has 3 aliphatic rings. The zero-order valence-corrected chi connectivity index (χ0v) is 34.6. The fraction of sp³-hybridized carbons (Fsp3) is 0.750. The van der Waals surface area contributed by atoms with Crippen molar-refractivity contribution in [2.45, 2.75) is 71.2 Å². The molecule has 57 heavy (non-hydrogen) atoms. The summed E-state index contributed by atoms with van der Waals surface area (Å²) in [5.41, 5.74) is 1.94. The van der Waals surface area contributed by atoms with Gasteiger partial charge in [-0.1, -0.05) is 58.0 Å². The van der Waals surface area contributed by atoms with Gasteiger partial charge in [-0.15, -0.1) is 0 Å². The lowest BCUT2D eigenvalue weighted by molar-refractivity contribution is -0.148. The third-order valence-corrected chi connectivity index (χ3v) is 10.8. The van der Waals surface area contributed by atoms with E-state index < -0.39 is 41.7 Å². The molecule has 0 radical (unpaired) electrons. The molecule has 0 bridgehead atoms. The molecule has 1 aromatic carbocycles. The van der Waals surface area contributed by atoms with Crippen molar-refractivity contribution in [1.29, 1.82) is 0 Å². The topological polar surface area (TPSA) is 198 Å². The van der Waals surface area contributed by atoms with Crippen LogP contribution in [0.25, 0.3) is 0 Å². The van der Waals surface area contributed by atoms with E-state index in [-0.39, 0.29) is 24.3 Å². The summed E-state index contributed by atoms with van der Waals surface area (Å²) in [5, 5.41) is 27.7. The Balaban J connectivity index is 1.45. The summed E-state index contributed by atoms with van der Waals surface area (Å²) in [7, 11) is 0. The maximum atomic E-state index is 14.1. The highest BCUT2D eigenvalue weighted by atomic mass is 16.5. The van der Waals surface area contributed by atoms with E-state index in [9.17, 15) is 24.3 Å². The molecule has 0 unspecified atom stereocenters. The number of aliphatic hydroxyl groups is 1. The number of hydrazine groups is 1. The zero-order valence-electron chi connectivity index (χ0n) is 34.6. The summed E-state index contributed by atoms with van der Waals surface area (Å²) in [6.45, 7) is 16.9. The Morgan fingerprint density at radius 2 is 1.37 bits per heavy atom. The number of carbonyl (C=O) groups is 4. The van der Waals surface area contributed by atoms with Gasteiger partial charge in [-0.25, -0.2) is 14.6 Å². The number of ether oxygens (including phenoxy) is 3. The van der Waals surface area contributed by atoms with Crippen molar-refractivity contribution < 1.29 is 38.5 Å². The predicted molar refractivity (Wildman–Crippen MR) is 216 cm³/mol. The van der Waals surface area contributed by atoms with Crippen molar-refractivity contribution in [2.75, 3.05) is 105 Å². The van der Waals surface area contributed by atoms with Crippen LogP contribution in [-0.4, -0.2) is 167 Å². The average molecular weight is 804 g/mol. The van der Waals surface area contributed by atoms with Gasteiger partial charge in [-0.2, -0.15) is 0 Å². The van der Waals surface area contributed by atoms with Crippen LogP contribution in [0.5, 0.6) is 0 Å². The minimum absolute atomic E-state index is 0.207. The van der Waals surface area contributed by atoms with Gasteiger partial charge < -0.3 is 45.9 Å². The Hall–Kier alpha value is -3.58. The lowest BCUT2D eigenvalue weighted by Gasteiger charge is -2.36. The number of carbonyl (C=O) groups excluding carboxylic acids is 4. The predicted octanol–water partition coefficient (Wildman–Crippen LogP) is 0.496. The molecule has 6 amide bonds. The second kappa shape index (κ2) is 24.4. The van der Waals surface area contributed by atoms with Gasteiger partial charge in [0, 0.05) is 90.6 Å². The molecular weight excluding hydrogens is 734 g/mol. The molecule has 322 valence electrons. The lowest BCUT2D eigenvalue weighted by atomic mass is 9.97. The number of morpholine rings is 2. The van der Waals surface area contributed by atoms with Gasteiger partial charge in [-0.05, 0) is 43.1 Å². The van der Waals surface area contributed by atoms with Crippen LogP contribution in [0.4, 0.5) is 9.59 Å². The number of urea groups is 2. The minimum atomic E-state index is -2.22. The first-order chi connectivity index (χ1) is 27.4. The summed E-state index contributed by atoms with van der Waals surface area (Å²) in [6.07, 6.45) is 2.71. The second-order valence-corrected chi connectivity index (χ2v) is 16.0. The molecular formula is C40H69N9O8. The molecule has 17 nitrogen and oxygen atoms in total. The zero-order chi connectivity index (χ0) is 41.0. The van der Waals surface area contributed by atoms with Crippen molar-refractivity contribution in [3.05, 3.63) is 35.9 Å². The molecule has 7 N–H and O–H groups in total. The van der Waals surface area contributed by atoms with Crippen molar-refractivity contribution in [3.8, 4) is 0 Å². The summed E-state index contributed by atoms with van der Waals surface area (Å²) in [4.78, 5) is 58.5. The van der Waals surface area contributed by atoms with Crippen LogP contribution >= 0.6 is 0 Å². The van der Waals surface area contributed by atoms with Crippen molar-refractivity contribution in [3.63, 3.8) is 0 Å². The Morgan fingerprint density at radius 1 is 0.807 bits per heavy atom. The normalized spacial score (nSPS) is 19.4. The van der Waals surface area contributed by atoms with Crippen LogP contribution < -0.4 is 32.0 Å². The highest BCUT2D eigenvalue weighted by Crippen LogP contribution is 2.19. The average Bonchev–Trinajstić information content (AvgIpc) is 3.20. The van der Waals surface area contributed by atoms with E-state index in [2.05, 4.69) is 41.8 Å². The molecule has 1 aromatic rings. The van der Waals surface area contributed by atoms with Gasteiger partial charge >= 0.3 is 12.1 Å². The largest absolute Gasteiger partial charge is 0.381 e. The van der Waals surface area contributed by atoms with Crippen LogP contribution in [0, 0.1) is 17.8 Å². The Labute approximate surface area is 338 Å². The number of amides is 6. The summed E-state index contributed by atoms with van der Waals surface area (Å²) < 4.78 is 16.4. The van der Waals surface area contributed by atoms with Gasteiger partial charge in [-0.3, -0.25) is 24.8 Å². The smallest absolute Gasteiger partial charge is 0.317 e. The van der Waals surface area contributed by atoms with E-state index in [1.165, 1.54) is 0 Å². The Morgan fingerprint density at radius 3 is 1.93 bits per heavy atom. The van der Waals surface area contributed by atoms with Gasteiger partial charge in [0.25, 0.3) is 11.8 Å². The van der Waals surface area contributed by atoms with Crippen molar-refractivity contribution >= 4 is 23.9 Å². The van der Waals surface area contributed by atoms with Gasteiger partial charge in [0.15, 0.2) is 0 Å². The fourth-order valence-electron chi connectivity index (χ4n) is 7.10. The van der Waals surface area contributed by atoms with E-state index in [1.54, 1.807) is 13.8 Å². The van der Waals surface area contributed by atoms with Gasteiger partial charge in [0.05, 0.1) is 26.4 Å². The molecule has 0 spiro atoms. The quantitative estimate of drug-likeness (QED) is 0.0675. The summed E-state index contributed by atoms with van der Waals surface area (Å²) in [5.74, 6) is -1.79. The minimum Gasteiger partial charge on any atom is -0.381 e. The Kier molecular flexibility index (Phi) is 19.7. The number of benzene rings is 1. The molecule has 4 rings (SSSR count). The number of hydrogen-bond donors (Lipinski definition) is 7. The molecule has 3 fully saturated rings. The number of nitrogens with one attached hydrogen (secondary N) is 6. The molecule has 0 aromatic heterocycles. The second-order valence-electron chi connectivity index (χ2n) is 16.0. The van der Waals surface area contributed by atoms with Crippen LogP contribution in [0.2, 0.25) is 0 Å². The van der Waals surface area contributed by atoms with Crippen molar-refractivity contribution in [2.24, 2.45) is 17.8 Å². The van der Waals surface area contributed by atoms with Crippen LogP contribution in [-0.2, 0) is 30.2 Å². The molecule has 0 saturated carbocycles. The fourth-order valence-corrected chi connectivity index (χ4v) is 7.10. The number of nitrogens with zero attached hydrogens (tertiary/aromatic N) is 3. The van der Waals surface area contributed by atoms with E-state index in [1.807, 2.05) is 49.2 Å². The molecule has 0 aliphatic carbocycles. The Bertz CT molecular complexity index is 1360. The first-order valence-corrected chi connectivity index (χ1v) is 20.8. The molecule has 17 heteroatoms. The van der Waals surface area contributed by atoms with Crippen molar-refractivity contribution in [1.82, 2.24) is 46.8 Å². The maximum absolute atomic E-state index is 14.1. The summed E-state index contributed by atoms with van der Waals surface area (Å²) >= 11 is 0. The summed E-state index contributed by atoms with van der Waals surface area (Å²) in [6, 6.07) is 7.42. The molecule has 3 saturated heterocycles. The number of hydrogen-bond acceptors (Lipinski definition) is 11. The molecule has 3 heterocycles. The number of aryl methyl sites for hydroxylation is 1. The van der Waals surface area contributed by atoms with Gasteiger partial charge in [0.1, 0.15) is 6.04 Å². The SMILES string of the molecule is CC(C)[C@H](NC(=O)NCCN1CCOCC1)C(=O)NN(CC1CCOCC1)C[C@H](CCc1ccccc1)NC(=O)[C@@](O)(NC(=O)NCCN1CCOCC1)C(C)C. The standard InChI is InChI=1S/C40H69N9O8/c1-30(2)35(44-38(52)41-14-16-47-18-24-56-25-19-47)36(50)46-49(28-33-12-22-55-23-13-33)29-34(11-10-32-8-6-5-7-9-32)43-37(51)40(54,31(3)4)45-39(53)42-15-17-48-20-26-57-27-21-48/h5-9,30-31,33-35,54H,10-29H2,1-4H3,(H,43,51)(H,46,50)(H2,41,44,52)(H2,42,45,53)/t34-,35-,40+/m0/s1. The van der Waals surface area contributed by atoms with Crippen LogP contribution in [0.1, 0.15) is 52.5 Å². The van der Waals surface area contributed by atoms with E-state index in [4.69, 9.17) is 14.2 Å². The van der Waals surface area contributed by atoms with E-state index in [0.29, 0.717) is 85.2 Å². The number of rotatable bonds is 21. The first-order valence-electron chi connectivity index (χ1n) is 20.8. The lowest BCUT2D eigenvalue weighted by Crippen LogP contribution is -2.66. The highest BCUT2D eigenvalue weighted by molar-refractivity contribution is 5.90. The third kappa shape index (κ3) is 16.3. The molecule has 3 atom stereocenters. The first kappa shape index (κ1) is 46.1. The maximum Gasteiger partial charge on any atom is 0.317 e. The third-order valence-electron chi connectivity index (χ3n) is 10.8. The van der Waals surface area contributed by atoms with E-state index in [0.717, 1.165) is 44.6 Å². The van der Waals surface area contributed by atoms with Gasteiger partial charge in [0.2, 0.25) is 5.72 Å². The monoisotopic (exact) mass is 804 g/mol. The van der Waals surface area contributed by atoms with Crippen LogP contribution in [0.15, 0.2) is 30.3 Å². The van der Waals surface area contributed by atoms with E-state index >= 15 is 0 Å². The molecule has 3 aliphatic heterocycles. The highest BCUT2D eigenvalue weighted by Gasteiger charge is 2.42.